The minimum absolute atomic E-state index is 0.0249. The molecule has 0 spiro atoms. The van der Waals surface area contributed by atoms with Gasteiger partial charge in [0.05, 0.1) is 11.2 Å². The van der Waals surface area contributed by atoms with Gasteiger partial charge in [-0.25, -0.2) is 0 Å². The van der Waals surface area contributed by atoms with Gasteiger partial charge < -0.3 is 10.4 Å². The summed E-state index contributed by atoms with van der Waals surface area (Å²) in [6.45, 7) is 1.53. The number of benzene rings is 1. The quantitative estimate of drug-likeness (QED) is 0.879. The first-order chi connectivity index (χ1) is 9.15. The Labute approximate surface area is 119 Å². The molecule has 3 nitrogen and oxygen atoms in total. The fourth-order valence-electron chi connectivity index (χ4n) is 1.57. The lowest BCUT2D eigenvalue weighted by atomic mass is 10.1. The van der Waals surface area contributed by atoms with E-state index in [0.29, 0.717) is 5.75 Å². The number of nitrogens with one attached hydrogen (secondary N) is 1. The second kappa shape index (κ2) is 6.49. The first kappa shape index (κ1) is 16.8. The molecule has 0 radical (unpaired) electrons. The highest BCUT2D eigenvalue weighted by Crippen LogP contribution is 2.29. The molecule has 1 atom stereocenters. The normalized spacial score (nSPS) is 14.7. The van der Waals surface area contributed by atoms with Crippen LogP contribution in [0.4, 0.5) is 13.2 Å². The monoisotopic (exact) mass is 307 g/mol. The zero-order valence-corrected chi connectivity index (χ0v) is 11.9. The molecule has 2 N–H and O–H groups in total. The number of thioether (sulfide) groups is 1. The summed E-state index contributed by atoms with van der Waals surface area (Å²) < 4.78 is 37.6. The maximum Gasteiger partial charge on any atom is 0.416 e. The molecule has 0 unspecified atom stereocenters. The SMILES string of the molecule is CSC[C@](C)(O)CNC(=O)c1cccc(C(F)(F)F)c1. The van der Waals surface area contributed by atoms with E-state index >= 15 is 0 Å². The standard InChI is InChI=1S/C13H16F3NO2S/c1-12(19,8-20-2)7-17-11(18)9-4-3-5-10(6-9)13(14,15)16/h3-6,19H,7-8H2,1-2H3,(H,17,18)/t12-/m1/s1. The van der Waals surface area contributed by atoms with E-state index < -0.39 is 23.2 Å². The second-order valence-electron chi connectivity index (χ2n) is 4.69. The Hall–Kier alpha value is -1.21. The van der Waals surface area contributed by atoms with Crippen molar-refractivity contribution in [3.05, 3.63) is 35.4 Å². The molecule has 7 heteroatoms. The van der Waals surface area contributed by atoms with E-state index in [1.807, 2.05) is 6.26 Å². The number of aliphatic hydroxyl groups is 1. The van der Waals surface area contributed by atoms with Gasteiger partial charge in [0.1, 0.15) is 0 Å². The van der Waals surface area contributed by atoms with Gasteiger partial charge >= 0.3 is 6.18 Å². The van der Waals surface area contributed by atoms with Gasteiger partial charge in [-0.1, -0.05) is 6.07 Å². The van der Waals surface area contributed by atoms with Crippen LogP contribution in [0.2, 0.25) is 0 Å². The smallest absolute Gasteiger partial charge is 0.387 e. The third-order valence-corrected chi connectivity index (χ3v) is 3.45. The van der Waals surface area contributed by atoms with Gasteiger partial charge in [-0.3, -0.25) is 4.79 Å². The van der Waals surface area contributed by atoms with Crippen molar-refractivity contribution in [2.24, 2.45) is 0 Å². The van der Waals surface area contributed by atoms with Crippen LogP contribution >= 0.6 is 11.8 Å². The van der Waals surface area contributed by atoms with Crippen molar-refractivity contribution in [3.8, 4) is 0 Å². The van der Waals surface area contributed by atoms with Crippen molar-refractivity contribution in [1.82, 2.24) is 5.32 Å². The number of alkyl halides is 3. The van der Waals surface area contributed by atoms with Crippen LogP contribution in [-0.2, 0) is 6.18 Å². The van der Waals surface area contributed by atoms with E-state index in [4.69, 9.17) is 0 Å². The first-order valence-corrected chi connectivity index (χ1v) is 7.22. The Morgan fingerprint density at radius 3 is 2.60 bits per heavy atom. The molecular weight excluding hydrogens is 291 g/mol. The van der Waals surface area contributed by atoms with Crippen LogP contribution in [0.25, 0.3) is 0 Å². The third kappa shape index (κ3) is 5.05. The molecule has 112 valence electrons. The average molecular weight is 307 g/mol. The molecular formula is C13H16F3NO2S. The first-order valence-electron chi connectivity index (χ1n) is 5.82. The largest absolute Gasteiger partial charge is 0.416 e. The molecule has 0 saturated heterocycles. The summed E-state index contributed by atoms with van der Waals surface area (Å²) in [5.41, 5.74) is -2.06. The van der Waals surface area contributed by atoms with E-state index in [-0.39, 0.29) is 12.1 Å². The molecule has 1 aromatic rings. The van der Waals surface area contributed by atoms with Gasteiger partial charge in [0.15, 0.2) is 0 Å². The van der Waals surface area contributed by atoms with Crippen LogP contribution in [0.1, 0.15) is 22.8 Å². The number of hydrogen-bond acceptors (Lipinski definition) is 3. The Balaban J connectivity index is 2.74. The van der Waals surface area contributed by atoms with Crippen molar-refractivity contribution in [1.29, 1.82) is 0 Å². The van der Waals surface area contributed by atoms with Gasteiger partial charge in [0.2, 0.25) is 0 Å². The van der Waals surface area contributed by atoms with Crippen molar-refractivity contribution in [2.75, 3.05) is 18.6 Å². The Bertz CT molecular complexity index is 475. The van der Waals surface area contributed by atoms with Crippen LogP contribution < -0.4 is 5.32 Å². The maximum atomic E-state index is 12.5. The summed E-state index contributed by atoms with van der Waals surface area (Å²) in [6.07, 6.45) is -2.68. The molecule has 0 bridgehead atoms. The highest BCUT2D eigenvalue weighted by Gasteiger charge is 2.31. The van der Waals surface area contributed by atoms with Crippen molar-refractivity contribution in [3.63, 3.8) is 0 Å². The lowest BCUT2D eigenvalue weighted by Gasteiger charge is -2.22. The molecule has 20 heavy (non-hydrogen) atoms. The molecule has 0 aliphatic rings. The summed E-state index contributed by atoms with van der Waals surface area (Å²) in [5.74, 6) is -0.229. The maximum absolute atomic E-state index is 12.5. The van der Waals surface area contributed by atoms with Gasteiger partial charge in [0, 0.05) is 17.9 Å². The zero-order valence-electron chi connectivity index (χ0n) is 11.1. The number of hydrogen-bond donors (Lipinski definition) is 2. The molecule has 1 rings (SSSR count). The molecule has 0 aliphatic heterocycles. The lowest BCUT2D eigenvalue weighted by Crippen LogP contribution is -2.42. The van der Waals surface area contributed by atoms with Crippen LogP contribution in [0.15, 0.2) is 24.3 Å². The molecule has 0 heterocycles. The van der Waals surface area contributed by atoms with Gasteiger partial charge in [-0.15, -0.1) is 0 Å². The van der Waals surface area contributed by atoms with Crippen molar-refractivity contribution >= 4 is 17.7 Å². The summed E-state index contributed by atoms with van der Waals surface area (Å²) in [6, 6.07) is 4.17. The van der Waals surface area contributed by atoms with E-state index in [1.54, 1.807) is 6.92 Å². The lowest BCUT2D eigenvalue weighted by molar-refractivity contribution is -0.137. The van der Waals surface area contributed by atoms with Gasteiger partial charge in [-0.2, -0.15) is 24.9 Å². The van der Waals surface area contributed by atoms with E-state index in [2.05, 4.69) is 5.32 Å². The molecule has 1 aromatic carbocycles. The topological polar surface area (TPSA) is 49.3 Å². The fraction of sp³-hybridized carbons (Fsp3) is 0.462. The highest BCUT2D eigenvalue weighted by molar-refractivity contribution is 7.98. The third-order valence-electron chi connectivity index (χ3n) is 2.54. The number of rotatable bonds is 5. The number of amides is 1. The second-order valence-corrected chi connectivity index (χ2v) is 5.56. The minimum atomic E-state index is -4.49. The van der Waals surface area contributed by atoms with Crippen LogP contribution in [0.3, 0.4) is 0 Å². The van der Waals surface area contributed by atoms with Crippen LogP contribution in [0, 0.1) is 0 Å². The molecule has 0 aliphatic carbocycles. The van der Waals surface area contributed by atoms with Gasteiger partial charge in [0.25, 0.3) is 5.91 Å². The molecule has 0 saturated carbocycles. The summed E-state index contributed by atoms with van der Waals surface area (Å²) in [7, 11) is 0. The fourth-order valence-corrected chi connectivity index (χ4v) is 2.30. The Kier molecular flexibility index (Phi) is 5.47. The van der Waals surface area contributed by atoms with E-state index in [1.165, 1.54) is 23.9 Å². The van der Waals surface area contributed by atoms with Crippen molar-refractivity contribution in [2.45, 2.75) is 18.7 Å². The van der Waals surface area contributed by atoms with Crippen molar-refractivity contribution < 1.29 is 23.1 Å². The zero-order chi connectivity index (χ0) is 15.4. The Morgan fingerprint density at radius 1 is 1.40 bits per heavy atom. The summed E-state index contributed by atoms with van der Waals surface area (Å²) >= 11 is 1.41. The van der Waals surface area contributed by atoms with Crippen LogP contribution in [-0.4, -0.2) is 35.2 Å². The summed E-state index contributed by atoms with van der Waals surface area (Å²) in [4.78, 5) is 11.8. The molecule has 1 amide bonds. The number of halogens is 3. The number of carbonyl (C=O) groups is 1. The minimum Gasteiger partial charge on any atom is -0.387 e. The van der Waals surface area contributed by atoms with Crippen LogP contribution in [0.5, 0.6) is 0 Å². The highest BCUT2D eigenvalue weighted by atomic mass is 32.2. The summed E-state index contributed by atoms with van der Waals surface area (Å²) in [5, 5.41) is 12.3. The predicted molar refractivity (Wildman–Crippen MR) is 72.8 cm³/mol. The van der Waals surface area contributed by atoms with E-state index in [0.717, 1.165) is 12.1 Å². The molecule has 0 fully saturated rings. The van der Waals surface area contributed by atoms with Gasteiger partial charge in [-0.05, 0) is 31.4 Å². The van der Waals surface area contributed by atoms with E-state index in [9.17, 15) is 23.1 Å². The molecule has 0 aromatic heterocycles. The number of carbonyl (C=O) groups excluding carboxylic acids is 1. The Morgan fingerprint density at radius 2 is 2.05 bits per heavy atom. The average Bonchev–Trinajstić information content (AvgIpc) is 2.35. The predicted octanol–water partition coefficient (Wildman–Crippen LogP) is 2.55.